The van der Waals surface area contributed by atoms with E-state index in [1.54, 1.807) is 12.1 Å². The summed E-state index contributed by atoms with van der Waals surface area (Å²) in [6.07, 6.45) is 1.34. The quantitative estimate of drug-likeness (QED) is 0.670. The smallest absolute Gasteiger partial charge is 0.424 e. The molecule has 1 rings (SSSR count). The maximum Gasteiger partial charge on any atom is 0.480 e. The summed E-state index contributed by atoms with van der Waals surface area (Å²) >= 11 is 0. The molecule has 0 aromatic heterocycles. The molecule has 0 saturated heterocycles. The molecule has 1 aromatic carbocycles. The molecule has 0 amide bonds. The summed E-state index contributed by atoms with van der Waals surface area (Å²) in [4.78, 5) is 0. The van der Waals surface area contributed by atoms with Crippen molar-refractivity contribution in [3.8, 4) is 0 Å². The third kappa shape index (κ3) is 3.01. The summed E-state index contributed by atoms with van der Waals surface area (Å²) < 4.78 is 13.0. The SMILES string of the molecule is Cc1ccc(F)c(/C=C/B(O)O)c1. The zero-order valence-electron chi connectivity index (χ0n) is 7.24. The molecule has 0 aliphatic rings. The summed E-state index contributed by atoms with van der Waals surface area (Å²) in [5.74, 6) is 0.736. The minimum absolute atomic E-state index is 0.355. The zero-order valence-corrected chi connectivity index (χ0v) is 7.24. The van der Waals surface area contributed by atoms with Crippen molar-refractivity contribution in [2.75, 3.05) is 0 Å². The molecule has 2 N–H and O–H groups in total. The van der Waals surface area contributed by atoms with Crippen LogP contribution >= 0.6 is 0 Å². The van der Waals surface area contributed by atoms with Gasteiger partial charge in [0.1, 0.15) is 5.82 Å². The Morgan fingerprint density at radius 2 is 2.08 bits per heavy atom. The first kappa shape index (κ1) is 9.96. The van der Waals surface area contributed by atoms with Gasteiger partial charge in [-0.1, -0.05) is 23.7 Å². The lowest BCUT2D eigenvalue weighted by atomic mass is 9.90. The van der Waals surface area contributed by atoms with Crippen molar-refractivity contribution < 1.29 is 14.4 Å². The van der Waals surface area contributed by atoms with Crippen LogP contribution in [0.2, 0.25) is 0 Å². The van der Waals surface area contributed by atoms with Gasteiger partial charge in [0.25, 0.3) is 0 Å². The maximum atomic E-state index is 13.0. The van der Waals surface area contributed by atoms with Gasteiger partial charge in [-0.15, -0.1) is 0 Å². The largest absolute Gasteiger partial charge is 0.480 e. The van der Waals surface area contributed by atoms with Gasteiger partial charge in [0.2, 0.25) is 0 Å². The van der Waals surface area contributed by atoms with Crippen LogP contribution in [-0.4, -0.2) is 17.2 Å². The number of benzene rings is 1. The van der Waals surface area contributed by atoms with Gasteiger partial charge in [-0.2, -0.15) is 0 Å². The van der Waals surface area contributed by atoms with Crippen LogP contribution in [0.25, 0.3) is 6.08 Å². The van der Waals surface area contributed by atoms with Crippen LogP contribution in [0, 0.1) is 12.7 Å². The highest BCUT2D eigenvalue weighted by Crippen LogP contribution is 2.11. The second-order valence-electron chi connectivity index (χ2n) is 2.80. The predicted molar refractivity (Wildman–Crippen MR) is 50.4 cm³/mol. The summed E-state index contributed by atoms with van der Waals surface area (Å²) in [5, 5.41) is 17.0. The van der Waals surface area contributed by atoms with E-state index in [0.717, 1.165) is 11.5 Å². The van der Waals surface area contributed by atoms with Gasteiger partial charge in [0.05, 0.1) is 0 Å². The van der Waals surface area contributed by atoms with E-state index in [0.29, 0.717) is 5.56 Å². The maximum absolute atomic E-state index is 13.0. The van der Waals surface area contributed by atoms with Crippen molar-refractivity contribution in [1.82, 2.24) is 0 Å². The Balaban J connectivity index is 2.93. The van der Waals surface area contributed by atoms with E-state index >= 15 is 0 Å². The third-order valence-electron chi connectivity index (χ3n) is 1.60. The van der Waals surface area contributed by atoms with Crippen LogP contribution in [0.5, 0.6) is 0 Å². The molecule has 0 aliphatic carbocycles. The summed E-state index contributed by atoms with van der Waals surface area (Å²) in [5.41, 5.74) is 1.28. The lowest BCUT2D eigenvalue weighted by molar-refractivity contribution is 0.424. The molecule has 0 saturated carbocycles. The van der Waals surface area contributed by atoms with E-state index in [4.69, 9.17) is 10.0 Å². The first-order valence-electron chi connectivity index (χ1n) is 3.90. The first-order valence-corrected chi connectivity index (χ1v) is 3.90. The van der Waals surface area contributed by atoms with Crippen LogP contribution in [0.15, 0.2) is 24.2 Å². The fraction of sp³-hybridized carbons (Fsp3) is 0.111. The van der Waals surface area contributed by atoms with Gasteiger partial charge < -0.3 is 10.0 Å². The Bertz CT molecular complexity index is 323. The van der Waals surface area contributed by atoms with Crippen molar-refractivity contribution in [3.63, 3.8) is 0 Å². The predicted octanol–water partition coefficient (Wildman–Crippen LogP) is 1.16. The fourth-order valence-electron chi connectivity index (χ4n) is 0.981. The molecule has 2 nitrogen and oxygen atoms in total. The van der Waals surface area contributed by atoms with Crippen molar-refractivity contribution in [2.45, 2.75) is 6.92 Å². The second-order valence-corrected chi connectivity index (χ2v) is 2.80. The second kappa shape index (κ2) is 4.21. The van der Waals surface area contributed by atoms with Gasteiger partial charge in [-0.25, -0.2) is 4.39 Å². The van der Waals surface area contributed by atoms with Crippen molar-refractivity contribution >= 4 is 13.2 Å². The Kier molecular flexibility index (Phi) is 3.22. The molecule has 13 heavy (non-hydrogen) atoms. The number of hydrogen-bond acceptors (Lipinski definition) is 2. The highest BCUT2D eigenvalue weighted by Gasteiger charge is 2.01. The minimum Gasteiger partial charge on any atom is -0.424 e. The lowest BCUT2D eigenvalue weighted by Gasteiger charge is -1.98. The normalized spacial score (nSPS) is 10.8. The molecule has 0 aliphatic heterocycles. The molecule has 1 aromatic rings. The van der Waals surface area contributed by atoms with E-state index in [-0.39, 0.29) is 5.82 Å². The molecule has 0 unspecified atom stereocenters. The zero-order chi connectivity index (χ0) is 9.84. The minimum atomic E-state index is -1.54. The highest BCUT2D eigenvalue weighted by atomic mass is 19.1. The van der Waals surface area contributed by atoms with E-state index in [1.165, 1.54) is 12.1 Å². The average Bonchev–Trinajstić information content (AvgIpc) is 2.06. The van der Waals surface area contributed by atoms with Crippen LogP contribution in [0.1, 0.15) is 11.1 Å². The monoisotopic (exact) mass is 180 g/mol. The van der Waals surface area contributed by atoms with Gasteiger partial charge in [0.15, 0.2) is 0 Å². The van der Waals surface area contributed by atoms with Gasteiger partial charge >= 0.3 is 7.12 Å². The van der Waals surface area contributed by atoms with E-state index in [9.17, 15) is 4.39 Å². The van der Waals surface area contributed by atoms with Gasteiger partial charge in [0, 0.05) is 5.56 Å². The Morgan fingerprint density at radius 1 is 1.38 bits per heavy atom. The lowest BCUT2D eigenvalue weighted by Crippen LogP contribution is -2.05. The average molecular weight is 180 g/mol. The number of hydrogen-bond donors (Lipinski definition) is 2. The summed E-state index contributed by atoms with van der Waals surface area (Å²) in [7, 11) is -1.54. The van der Waals surface area contributed by atoms with E-state index in [1.807, 2.05) is 6.92 Å². The Morgan fingerprint density at radius 3 is 2.69 bits per heavy atom. The Labute approximate surface area is 76.5 Å². The summed E-state index contributed by atoms with van der Waals surface area (Å²) in [6, 6.07) is 4.63. The molecule has 0 radical (unpaired) electrons. The standard InChI is InChI=1S/C9H10BFO2/c1-7-2-3-9(11)8(6-7)4-5-10(12)13/h2-6,12-13H,1H3/b5-4+. The molecular formula is C9H10BFO2. The molecular weight excluding hydrogens is 170 g/mol. The van der Waals surface area contributed by atoms with Crippen LogP contribution in [-0.2, 0) is 0 Å². The van der Waals surface area contributed by atoms with Crippen LogP contribution in [0.4, 0.5) is 4.39 Å². The highest BCUT2D eigenvalue weighted by molar-refractivity contribution is 6.48. The number of rotatable bonds is 2. The number of aryl methyl sites for hydroxylation is 1. The van der Waals surface area contributed by atoms with Crippen molar-refractivity contribution in [3.05, 3.63) is 41.1 Å². The number of halogens is 1. The molecule has 4 heteroatoms. The van der Waals surface area contributed by atoms with Gasteiger partial charge in [-0.05, 0) is 19.1 Å². The molecule has 0 bridgehead atoms. The van der Waals surface area contributed by atoms with Crippen molar-refractivity contribution in [1.29, 1.82) is 0 Å². The van der Waals surface area contributed by atoms with E-state index in [2.05, 4.69) is 0 Å². The van der Waals surface area contributed by atoms with Gasteiger partial charge in [-0.3, -0.25) is 0 Å². The molecule has 0 spiro atoms. The topological polar surface area (TPSA) is 40.5 Å². The molecule has 0 fully saturated rings. The van der Waals surface area contributed by atoms with Crippen LogP contribution < -0.4 is 0 Å². The first-order chi connectivity index (χ1) is 6.09. The fourth-order valence-corrected chi connectivity index (χ4v) is 0.981. The summed E-state index contributed by atoms with van der Waals surface area (Å²) in [6.45, 7) is 1.84. The Hall–Kier alpha value is -1.13. The van der Waals surface area contributed by atoms with E-state index < -0.39 is 7.12 Å². The molecule has 0 atom stereocenters. The molecule has 0 heterocycles. The molecule has 68 valence electrons. The third-order valence-corrected chi connectivity index (χ3v) is 1.60. The van der Waals surface area contributed by atoms with Crippen molar-refractivity contribution in [2.24, 2.45) is 0 Å². The van der Waals surface area contributed by atoms with Crippen LogP contribution in [0.3, 0.4) is 0 Å².